The molecule has 2 rings (SSSR count). The van der Waals surface area contributed by atoms with E-state index in [4.69, 9.17) is 0 Å². The number of nitrogens with one attached hydrogen (secondary N) is 1. The Morgan fingerprint density at radius 2 is 1.71 bits per heavy atom. The van der Waals surface area contributed by atoms with Crippen molar-refractivity contribution in [1.82, 2.24) is 4.72 Å². The zero-order chi connectivity index (χ0) is 18.0. The van der Waals surface area contributed by atoms with E-state index in [0.29, 0.717) is 5.56 Å². The van der Waals surface area contributed by atoms with E-state index in [1.807, 2.05) is 0 Å². The number of halogens is 4. The average Bonchev–Trinajstić information content (AvgIpc) is 2.48. The maximum atomic E-state index is 12.8. The highest BCUT2D eigenvalue weighted by atomic mass is 32.2. The highest BCUT2D eigenvalue weighted by Gasteiger charge is 2.31. The number of hydrogen-bond acceptors (Lipinski definition) is 2. The van der Waals surface area contributed by atoms with Gasteiger partial charge in [-0.05, 0) is 42.3 Å². The molecule has 1 unspecified atom stereocenters. The molecule has 130 valence electrons. The third-order valence-corrected chi connectivity index (χ3v) is 4.77. The molecular weight excluding hydrogens is 346 g/mol. The molecule has 2 aromatic carbocycles. The second kappa shape index (κ2) is 6.90. The lowest BCUT2D eigenvalue weighted by atomic mass is 10.1. The van der Waals surface area contributed by atoms with E-state index in [1.165, 1.54) is 31.2 Å². The lowest BCUT2D eigenvalue weighted by Gasteiger charge is -2.16. The Hall–Kier alpha value is -1.93. The van der Waals surface area contributed by atoms with Crippen molar-refractivity contribution in [2.24, 2.45) is 0 Å². The van der Waals surface area contributed by atoms with E-state index in [9.17, 15) is 26.0 Å². The molecule has 3 nitrogen and oxygen atoms in total. The van der Waals surface area contributed by atoms with Crippen molar-refractivity contribution in [2.75, 3.05) is 0 Å². The van der Waals surface area contributed by atoms with Crippen LogP contribution in [0.5, 0.6) is 0 Å². The van der Waals surface area contributed by atoms with Gasteiger partial charge in [0.1, 0.15) is 5.82 Å². The lowest BCUT2D eigenvalue weighted by molar-refractivity contribution is -0.137. The summed E-state index contributed by atoms with van der Waals surface area (Å²) in [6.07, 6.45) is -4.50. The molecule has 0 fully saturated rings. The van der Waals surface area contributed by atoms with E-state index < -0.39 is 39.4 Å². The molecule has 0 radical (unpaired) electrons. The topological polar surface area (TPSA) is 46.2 Å². The van der Waals surface area contributed by atoms with Crippen molar-refractivity contribution in [2.45, 2.75) is 24.9 Å². The third-order valence-electron chi connectivity index (χ3n) is 3.34. The van der Waals surface area contributed by atoms with Gasteiger partial charge in [0, 0.05) is 6.04 Å². The van der Waals surface area contributed by atoms with Crippen LogP contribution in [-0.4, -0.2) is 8.42 Å². The summed E-state index contributed by atoms with van der Waals surface area (Å²) in [5.74, 6) is -0.877. The molecule has 0 heterocycles. The largest absolute Gasteiger partial charge is 0.416 e. The van der Waals surface area contributed by atoms with Crippen LogP contribution in [0.3, 0.4) is 0 Å². The fourth-order valence-electron chi connectivity index (χ4n) is 2.16. The van der Waals surface area contributed by atoms with Gasteiger partial charge in [-0.15, -0.1) is 0 Å². The molecular formula is C16H15F4NO2S. The summed E-state index contributed by atoms with van der Waals surface area (Å²) in [6.45, 7) is 1.46. The third kappa shape index (κ3) is 5.04. The number of sulfonamides is 1. The van der Waals surface area contributed by atoms with Crippen LogP contribution in [0.25, 0.3) is 0 Å². The molecule has 0 amide bonds. The summed E-state index contributed by atoms with van der Waals surface area (Å²) in [4.78, 5) is 0. The average molecular weight is 361 g/mol. The molecule has 1 N–H and O–H groups in total. The molecule has 0 aliphatic rings. The Labute approximate surface area is 137 Å². The van der Waals surface area contributed by atoms with Crippen molar-refractivity contribution in [1.29, 1.82) is 0 Å². The molecule has 0 aliphatic carbocycles. The normalized spacial score (nSPS) is 13.7. The summed E-state index contributed by atoms with van der Waals surface area (Å²) in [5.41, 5.74) is -0.266. The quantitative estimate of drug-likeness (QED) is 0.818. The van der Waals surface area contributed by atoms with Gasteiger partial charge in [-0.25, -0.2) is 17.5 Å². The number of alkyl halides is 3. The molecule has 0 aliphatic heterocycles. The molecule has 0 aromatic heterocycles. The highest BCUT2D eigenvalue weighted by molar-refractivity contribution is 7.88. The SMILES string of the molecule is CC(NS(=O)(=O)Cc1ccc(F)cc1)c1cccc(C(F)(F)F)c1. The van der Waals surface area contributed by atoms with Crippen molar-refractivity contribution >= 4 is 10.0 Å². The second-order valence-corrected chi connectivity index (χ2v) is 7.10. The fourth-order valence-corrected chi connectivity index (χ4v) is 3.55. The van der Waals surface area contributed by atoms with Crippen LogP contribution in [0.4, 0.5) is 17.6 Å². The summed E-state index contributed by atoms with van der Waals surface area (Å²) in [7, 11) is -3.80. The number of hydrogen-bond donors (Lipinski definition) is 1. The van der Waals surface area contributed by atoms with E-state index >= 15 is 0 Å². The Bertz CT molecular complexity index is 802. The van der Waals surface area contributed by atoms with Crippen LogP contribution >= 0.6 is 0 Å². The summed E-state index contributed by atoms with van der Waals surface area (Å²) < 4.78 is 77.6. The first-order valence-electron chi connectivity index (χ1n) is 6.98. The molecule has 8 heteroatoms. The van der Waals surface area contributed by atoms with Crippen LogP contribution in [0.1, 0.15) is 29.7 Å². The van der Waals surface area contributed by atoms with E-state index in [-0.39, 0.29) is 5.56 Å². The minimum atomic E-state index is -4.50. The van der Waals surface area contributed by atoms with Gasteiger partial charge < -0.3 is 0 Å². The standard InChI is InChI=1S/C16H15F4NO2S/c1-11(13-3-2-4-14(9-13)16(18,19)20)21-24(22,23)10-12-5-7-15(17)8-6-12/h2-9,11,21H,10H2,1H3. The van der Waals surface area contributed by atoms with Crippen LogP contribution < -0.4 is 4.72 Å². The number of benzene rings is 2. The monoisotopic (exact) mass is 361 g/mol. The van der Waals surface area contributed by atoms with Crippen LogP contribution in [0.2, 0.25) is 0 Å². The Morgan fingerprint density at radius 1 is 1.08 bits per heavy atom. The first-order chi connectivity index (χ1) is 11.1. The molecule has 0 spiro atoms. The van der Waals surface area contributed by atoms with Gasteiger partial charge >= 0.3 is 6.18 Å². The predicted octanol–water partition coefficient (Wildman–Crippen LogP) is 4.03. The molecule has 1 atom stereocenters. The van der Waals surface area contributed by atoms with Crippen molar-refractivity contribution < 1.29 is 26.0 Å². The Kier molecular flexibility index (Phi) is 5.29. The molecule has 0 bridgehead atoms. The van der Waals surface area contributed by atoms with Gasteiger partial charge in [0.15, 0.2) is 0 Å². The molecule has 0 saturated carbocycles. The fraction of sp³-hybridized carbons (Fsp3) is 0.250. The van der Waals surface area contributed by atoms with Gasteiger partial charge in [0.25, 0.3) is 0 Å². The van der Waals surface area contributed by atoms with Crippen molar-refractivity contribution in [3.63, 3.8) is 0 Å². The van der Waals surface area contributed by atoms with Crippen molar-refractivity contribution in [3.8, 4) is 0 Å². The van der Waals surface area contributed by atoms with Gasteiger partial charge in [-0.1, -0.05) is 24.3 Å². The predicted molar refractivity (Wildman–Crippen MR) is 82.0 cm³/mol. The van der Waals surface area contributed by atoms with Gasteiger partial charge in [-0.3, -0.25) is 0 Å². The van der Waals surface area contributed by atoms with Crippen molar-refractivity contribution in [3.05, 3.63) is 71.0 Å². The second-order valence-electron chi connectivity index (χ2n) is 5.35. The minimum Gasteiger partial charge on any atom is -0.212 e. The zero-order valence-corrected chi connectivity index (χ0v) is 13.5. The molecule has 24 heavy (non-hydrogen) atoms. The first-order valence-corrected chi connectivity index (χ1v) is 8.64. The minimum absolute atomic E-state index is 0.201. The number of rotatable bonds is 5. The molecule has 2 aromatic rings. The van der Waals surface area contributed by atoms with E-state index in [1.54, 1.807) is 0 Å². The summed E-state index contributed by atoms with van der Waals surface area (Å²) >= 11 is 0. The Morgan fingerprint density at radius 3 is 2.29 bits per heavy atom. The maximum absolute atomic E-state index is 12.8. The van der Waals surface area contributed by atoms with Gasteiger partial charge in [0.2, 0.25) is 10.0 Å². The molecule has 0 saturated heterocycles. The highest BCUT2D eigenvalue weighted by Crippen LogP contribution is 2.30. The van der Waals surface area contributed by atoms with E-state index in [0.717, 1.165) is 24.3 Å². The smallest absolute Gasteiger partial charge is 0.212 e. The van der Waals surface area contributed by atoms with Gasteiger partial charge in [0.05, 0.1) is 11.3 Å². The van der Waals surface area contributed by atoms with Crippen LogP contribution in [0, 0.1) is 5.82 Å². The summed E-state index contributed by atoms with van der Waals surface area (Å²) in [5, 5.41) is 0. The zero-order valence-electron chi connectivity index (χ0n) is 12.6. The lowest BCUT2D eigenvalue weighted by Crippen LogP contribution is -2.28. The van der Waals surface area contributed by atoms with Gasteiger partial charge in [-0.2, -0.15) is 13.2 Å². The summed E-state index contributed by atoms with van der Waals surface area (Å²) in [6, 6.07) is 8.59. The Balaban J connectivity index is 2.13. The van der Waals surface area contributed by atoms with Crippen LogP contribution in [-0.2, 0) is 22.0 Å². The first kappa shape index (κ1) is 18.4. The van der Waals surface area contributed by atoms with E-state index in [2.05, 4.69) is 4.72 Å². The van der Waals surface area contributed by atoms with Crippen LogP contribution in [0.15, 0.2) is 48.5 Å². The maximum Gasteiger partial charge on any atom is 0.416 e.